The Morgan fingerprint density at radius 1 is 1.32 bits per heavy atom. The van der Waals surface area contributed by atoms with Crippen LogP contribution in [-0.2, 0) is 4.79 Å². The molecule has 0 bridgehead atoms. The summed E-state index contributed by atoms with van der Waals surface area (Å²) in [5, 5.41) is 16.0. The van der Waals surface area contributed by atoms with E-state index in [0.29, 0.717) is 18.7 Å². The topological polar surface area (TPSA) is 97.1 Å². The number of aliphatic carboxylic acids is 1. The lowest BCUT2D eigenvalue weighted by Crippen LogP contribution is -2.59. The van der Waals surface area contributed by atoms with Crippen molar-refractivity contribution in [3.63, 3.8) is 0 Å². The second kappa shape index (κ2) is 6.27. The van der Waals surface area contributed by atoms with Gasteiger partial charge in [0.15, 0.2) is 0 Å². The SMILES string of the molecule is CC(C)c1nc(C(=O)NC2(C(=O)O)CCC2)nn1-c1ccccc1F. The van der Waals surface area contributed by atoms with Crippen molar-refractivity contribution in [3.8, 4) is 5.69 Å². The summed E-state index contributed by atoms with van der Waals surface area (Å²) in [7, 11) is 0. The van der Waals surface area contributed by atoms with Gasteiger partial charge in [0.2, 0.25) is 5.82 Å². The first-order valence-electron chi connectivity index (χ1n) is 8.12. The summed E-state index contributed by atoms with van der Waals surface area (Å²) in [6.07, 6.45) is 1.49. The van der Waals surface area contributed by atoms with Gasteiger partial charge in [-0.25, -0.2) is 18.9 Å². The maximum absolute atomic E-state index is 14.1. The normalized spacial score (nSPS) is 15.7. The Morgan fingerprint density at radius 2 is 2.00 bits per heavy atom. The molecule has 8 heteroatoms. The van der Waals surface area contributed by atoms with Gasteiger partial charge in [-0.3, -0.25) is 4.79 Å². The summed E-state index contributed by atoms with van der Waals surface area (Å²) in [6.45, 7) is 3.71. The van der Waals surface area contributed by atoms with Gasteiger partial charge in [-0.2, -0.15) is 0 Å². The summed E-state index contributed by atoms with van der Waals surface area (Å²) < 4.78 is 15.4. The lowest BCUT2D eigenvalue weighted by Gasteiger charge is -2.37. The van der Waals surface area contributed by atoms with Gasteiger partial charge in [0.1, 0.15) is 22.9 Å². The van der Waals surface area contributed by atoms with Gasteiger partial charge in [-0.05, 0) is 31.4 Å². The molecule has 1 aliphatic rings. The second-order valence-electron chi connectivity index (χ2n) is 6.51. The van der Waals surface area contributed by atoms with Crippen molar-refractivity contribution >= 4 is 11.9 Å². The molecule has 0 saturated heterocycles. The lowest BCUT2D eigenvalue weighted by molar-refractivity contribution is -0.148. The Hall–Kier alpha value is -2.77. The van der Waals surface area contributed by atoms with Crippen LogP contribution >= 0.6 is 0 Å². The highest BCUT2D eigenvalue weighted by atomic mass is 19.1. The molecule has 1 aromatic heterocycles. The molecule has 0 aliphatic heterocycles. The number of aromatic nitrogens is 3. The third-order valence-corrected chi connectivity index (χ3v) is 4.40. The fourth-order valence-electron chi connectivity index (χ4n) is 2.79. The van der Waals surface area contributed by atoms with Gasteiger partial charge in [0.25, 0.3) is 5.91 Å². The predicted octanol–water partition coefficient (Wildman–Crippen LogP) is 2.27. The van der Waals surface area contributed by atoms with E-state index in [-0.39, 0.29) is 17.4 Å². The van der Waals surface area contributed by atoms with Crippen molar-refractivity contribution in [3.05, 3.63) is 41.7 Å². The van der Waals surface area contributed by atoms with E-state index >= 15 is 0 Å². The minimum Gasteiger partial charge on any atom is -0.480 e. The molecule has 2 N–H and O–H groups in total. The molecule has 0 atom stereocenters. The molecule has 132 valence electrons. The fourth-order valence-corrected chi connectivity index (χ4v) is 2.79. The molecule has 1 saturated carbocycles. The number of benzene rings is 1. The van der Waals surface area contributed by atoms with Gasteiger partial charge < -0.3 is 10.4 Å². The molecule has 7 nitrogen and oxygen atoms in total. The van der Waals surface area contributed by atoms with Gasteiger partial charge in [0, 0.05) is 5.92 Å². The number of carboxylic acid groups (broad SMARTS) is 1. The molecule has 0 spiro atoms. The first-order valence-corrected chi connectivity index (χ1v) is 8.12. The van der Waals surface area contributed by atoms with Crippen LogP contribution in [-0.4, -0.2) is 37.3 Å². The number of rotatable bonds is 5. The molecule has 1 aromatic carbocycles. The van der Waals surface area contributed by atoms with Crippen LogP contribution in [0.3, 0.4) is 0 Å². The number of carboxylic acids is 1. The standard InChI is InChI=1S/C17H19FN4O3/c1-10(2)14-19-13(15(23)20-17(16(24)25)8-5-9-17)21-22(14)12-7-4-3-6-11(12)18/h3-4,6-7,10H,5,8-9H2,1-2H3,(H,20,23)(H,24,25). The van der Waals surface area contributed by atoms with E-state index in [9.17, 15) is 19.1 Å². The van der Waals surface area contributed by atoms with Crippen LogP contribution in [0.5, 0.6) is 0 Å². The lowest BCUT2D eigenvalue weighted by atomic mass is 9.77. The highest BCUT2D eigenvalue weighted by molar-refractivity contribution is 5.95. The zero-order chi connectivity index (χ0) is 18.2. The fraction of sp³-hybridized carbons (Fsp3) is 0.412. The van der Waals surface area contributed by atoms with Gasteiger partial charge in [0.05, 0.1) is 0 Å². The first-order chi connectivity index (χ1) is 11.8. The summed E-state index contributed by atoms with van der Waals surface area (Å²) in [4.78, 5) is 28.1. The number of hydrogen-bond donors (Lipinski definition) is 2. The van der Waals surface area contributed by atoms with Crippen LogP contribution in [0.25, 0.3) is 5.69 Å². The van der Waals surface area contributed by atoms with E-state index in [2.05, 4.69) is 15.4 Å². The van der Waals surface area contributed by atoms with Crippen molar-refractivity contribution < 1.29 is 19.1 Å². The van der Waals surface area contributed by atoms with E-state index in [1.54, 1.807) is 18.2 Å². The maximum atomic E-state index is 14.1. The number of halogens is 1. The van der Waals surface area contributed by atoms with Crippen molar-refractivity contribution in [2.24, 2.45) is 0 Å². The average molecular weight is 346 g/mol. The number of nitrogens with zero attached hydrogens (tertiary/aromatic N) is 3. The molecule has 2 aromatic rings. The van der Waals surface area contributed by atoms with E-state index < -0.39 is 23.2 Å². The molecule has 25 heavy (non-hydrogen) atoms. The van der Waals surface area contributed by atoms with Crippen molar-refractivity contribution in [1.29, 1.82) is 0 Å². The zero-order valence-corrected chi connectivity index (χ0v) is 14.0. The molecule has 1 aliphatic carbocycles. The highest BCUT2D eigenvalue weighted by Gasteiger charge is 2.46. The summed E-state index contributed by atoms with van der Waals surface area (Å²) >= 11 is 0. The average Bonchev–Trinajstić information content (AvgIpc) is 2.96. The largest absolute Gasteiger partial charge is 0.480 e. The Labute approximate surface area is 143 Å². The van der Waals surface area contributed by atoms with Gasteiger partial charge >= 0.3 is 5.97 Å². The minimum atomic E-state index is -1.25. The number of carbonyl (C=O) groups is 2. The van der Waals surface area contributed by atoms with Gasteiger partial charge in [-0.1, -0.05) is 26.0 Å². The molecule has 1 amide bonds. The third kappa shape index (κ3) is 2.99. The minimum absolute atomic E-state index is 0.106. The van der Waals surface area contributed by atoms with Crippen LogP contribution in [0.2, 0.25) is 0 Å². The number of carbonyl (C=O) groups excluding carboxylic acids is 1. The number of amides is 1. The molecular formula is C17H19FN4O3. The summed E-state index contributed by atoms with van der Waals surface area (Å²) in [5.41, 5.74) is -1.06. The predicted molar refractivity (Wildman–Crippen MR) is 87.1 cm³/mol. The van der Waals surface area contributed by atoms with Crippen molar-refractivity contribution in [1.82, 2.24) is 20.1 Å². The zero-order valence-electron chi connectivity index (χ0n) is 14.0. The summed E-state index contributed by atoms with van der Waals surface area (Å²) in [6, 6.07) is 6.07. The van der Waals surface area contributed by atoms with Crippen LogP contribution < -0.4 is 5.32 Å². The van der Waals surface area contributed by atoms with E-state index in [0.717, 1.165) is 6.42 Å². The third-order valence-electron chi connectivity index (χ3n) is 4.40. The molecule has 1 heterocycles. The Balaban J connectivity index is 1.96. The number of nitrogens with one attached hydrogen (secondary N) is 1. The van der Waals surface area contributed by atoms with E-state index in [1.165, 1.54) is 10.7 Å². The highest BCUT2D eigenvalue weighted by Crippen LogP contribution is 2.32. The van der Waals surface area contributed by atoms with Crippen molar-refractivity contribution in [2.75, 3.05) is 0 Å². The van der Waals surface area contributed by atoms with Crippen LogP contribution in [0.4, 0.5) is 4.39 Å². The van der Waals surface area contributed by atoms with Crippen LogP contribution in [0, 0.1) is 5.82 Å². The quantitative estimate of drug-likeness (QED) is 0.865. The Kier molecular flexibility index (Phi) is 4.28. The maximum Gasteiger partial charge on any atom is 0.329 e. The molecule has 0 unspecified atom stereocenters. The number of hydrogen-bond acceptors (Lipinski definition) is 4. The molecule has 3 rings (SSSR count). The number of para-hydroxylation sites is 1. The monoisotopic (exact) mass is 346 g/mol. The molecule has 1 fully saturated rings. The van der Waals surface area contributed by atoms with Gasteiger partial charge in [-0.15, -0.1) is 5.10 Å². The van der Waals surface area contributed by atoms with Crippen LogP contribution in [0.1, 0.15) is 55.5 Å². The van der Waals surface area contributed by atoms with E-state index in [4.69, 9.17) is 0 Å². The van der Waals surface area contributed by atoms with E-state index in [1.807, 2.05) is 13.8 Å². The first kappa shape index (κ1) is 17.1. The smallest absolute Gasteiger partial charge is 0.329 e. The second-order valence-corrected chi connectivity index (χ2v) is 6.51. The van der Waals surface area contributed by atoms with Crippen LogP contribution in [0.15, 0.2) is 24.3 Å². The van der Waals surface area contributed by atoms with Crippen molar-refractivity contribution in [2.45, 2.75) is 44.6 Å². The molecule has 0 radical (unpaired) electrons. The Morgan fingerprint density at radius 3 is 2.52 bits per heavy atom. The summed E-state index contributed by atoms with van der Waals surface area (Å²) in [5.74, 6) is -2.07. The Bertz CT molecular complexity index is 827. The molecular weight excluding hydrogens is 327 g/mol.